The van der Waals surface area contributed by atoms with Crippen LogP contribution in [-0.2, 0) is 6.54 Å². The predicted molar refractivity (Wildman–Crippen MR) is 74.9 cm³/mol. The topological polar surface area (TPSA) is 12.0 Å². The fraction of sp³-hybridized carbons (Fsp3) is 0.692. The van der Waals surface area contributed by atoms with Crippen molar-refractivity contribution in [3.05, 3.63) is 20.8 Å². The number of rotatable bonds is 4. The van der Waals surface area contributed by atoms with Gasteiger partial charge < -0.3 is 5.32 Å². The molecule has 0 saturated heterocycles. The smallest absolute Gasteiger partial charge is 0.0327 e. The summed E-state index contributed by atoms with van der Waals surface area (Å²) in [5, 5.41) is 5.82. The normalized spacial score (nSPS) is 19.9. The average Bonchev–Trinajstić information content (AvgIpc) is 2.73. The molecule has 0 aliphatic heterocycles. The van der Waals surface area contributed by atoms with Gasteiger partial charge in [-0.2, -0.15) is 0 Å². The van der Waals surface area contributed by atoms with E-state index in [2.05, 4.69) is 39.6 Å². The first-order chi connectivity index (χ1) is 7.77. The Morgan fingerprint density at radius 2 is 2.19 bits per heavy atom. The second kappa shape index (κ2) is 6.18. The minimum Gasteiger partial charge on any atom is -0.309 e. The monoisotopic (exact) mass is 301 g/mol. The largest absolute Gasteiger partial charge is 0.309 e. The zero-order valence-corrected chi connectivity index (χ0v) is 12.2. The molecule has 1 atom stereocenters. The molecule has 1 aliphatic rings. The van der Waals surface area contributed by atoms with Crippen LogP contribution in [-0.4, -0.2) is 6.04 Å². The Balaban J connectivity index is 1.78. The summed E-state index contributed by atoms with van der Waals surface area (Å²) < 4.78 is 1.25. The van der Waals surface area contributed by atoms with Crippen molar-refractivity contribution < 1.29 is 0 Å². The van der Waals surface area contributed by atoms with E-state index in [0.29, 0.717) is 6.04 Å². The quantitative estimate of drug-likeness (QED) is 0.859. The van der Waals surface area contributed by atoms with E-state index in [0.717, 1.165) is 12.5 Å². The van der Waals surface area contributed by atoms with Crippen molar-refractivity contribution in [2.24, 2.45) is 5.92 Å². The average molecular weight is 302 g/mol. The van der Waals surface area contributed by atoms with E-state index >= 15 is 0 Å². The Labute approximate surface area is 111 Å². The predicted octanol–water partition coefficient (Wildman–Crippen LogP) is 4.57. The summed E-state index contributed by atoms with van der Waals surface area (Å²) in [5.74, 6) is 0.896. The number of hydrogen-bond donors (Lipinski definition) is 1. The molecule has 2 rings (SSSR count). The van der Waals surface area contributed by atoms with Crippen LogP contribution in [0.1, 0.15) is 43.9 Å². The highest BCUT2D eigenvalue weighted by atomic mass is 79.9. The van der Waals surface area contributed by atoms with Gasteiger partial charge in [-0.25, -0.2) is 0 Å². The zero-order valence-electron chi connectivity index (χ0n) is 9.84. The van der Waals surface area contributed by atoms with E-state index in [-0.39, 0.29) is 0 Å². The summed E-state index contributed by atoms with van der Waals surface area (Å²) in [7, 11) is 0. The van der Waals surface area contributed by atoms with Crippen molar-refractivity contribution in [1.29, 1.82) is 0 Å². The molecule has 0 aromatic carbocycles. The molecule has 1 aromatic heterocycles. The van der Waals surface area contributed by atoms with Gasteiger partial charge in [0.2, 0.25) is 0 Å². The first-order valence-electron chi connectivity index (χ1n) is 6.22. The van der Waals surface area contributed by atoms with E-state index in [1.807, 2.05) is 11.3 Å². The SMILES string of the molecule is CC(NCc1sccc1Br)C1CCCCC1. The van der Waals surface area contributed by atoms with Gasteiger partial charge in [-0.15, -0.1) is 11.3 Å². The van der Waals surface area contributed by atoms with Crippen LogP contribution in [0.25, 0.3) is 0 Å². The molecular weight excluding hydrogens is 282 g/mol. The fourth-order valence-electron chi connectivity index (χ4n) is 2.51. The van der Waals surface area contributed by atoms with E-state index in [4.69, 9.17) is 0 Å². The highest BCUT2D eigenvalue weighted by Crippen LogP contribution is 2.27. The molecule has 1 aliphatic carbocycles. The van der Waals surface area contributed by atoms with E-state index < -0.39 is 0 Å². The Bertz CT molecular complexity index is 317. The van der Waals surface area contributed by atoms with E-state index in [1.165, 1.54) is 41.5 Å². The lowest BCUT2D eigenvalue weighted by atomic mass is 9.84. The van der Waals surface area contributed by atoms with Crippen LogP contribution >= 0.6 is 27.3 Å². The summed E-state index contributed by atoms with van der Waals surface area (Å²) in [6.07, 6.45) is 7.14. The van der Waals surface area contributed by atoms with Crippen LogP contribution in [0.4, 0.5) is 0 Å². The van der Waals surface area contributed by atoms with Gasteiger partial charge in [0.05, 0.1) is 0 Å². The Morgan fingerprint density at radius 1 is 1.44 bits per heavy atom. The van der Waals surface area contributed by atoms with Crippen LogP contribution in [0.2, 0.25) is 0 Å². The molecule has 16 heavy (non-hydrogen) atoms. The molecule has 1 N–H and O–H groups in total. The highest BCUT2D eigenvalue weighted by molar-refractivity contribution is 9.10. The first kappa shape index (κ1) is 12.6. The maximum absolute atomic E-state index is 3.68. The third kappa shape index (κ3) is 3.31. The van der Waals surface area contributed by atoms with Crippen LogP contribution < -0.4 is 5.32 Å². The number of hydrogen-bond acceptors (Lipinski definition) is 2. The molecule has 1 aromatic rings. The molecule has 0 amide bonds. The molecule has 1 saturated carbocycles. The van der Waals surface area contributed by atoms with Crippen molar-refractivity contribution >= 4 is 27.3 Å². The second-order valence-electron chi connectivity index (χ2n) is 4.76. The van der Waals surface area contributed by atoms with Crippen molar-refractivity contribution in [2.45, 2.75) is 51.6 Å². The number of halogens is 1. The summed E-state index contributed by atoms with van der Waals surface area (Å²) in [6, 6.07) is 2.79. The lowest BCUT2D eigenvalue weighted by Gasteiger charge is -2.28. The summed E-state index contributed by atoms with van der Waals surface area (Å²) in [6.45, 7) is 3.35. The molecular formula is C13H20BrNS. The van der Waals surface area contributed by atoms with Crippen molar-refractivity contribution in [2.75, 3.05) is 0 Å². The minimum atomic E-state index is 0.661. The molecule has 0 radical (unpaired) electrons. The molecule has 1 unspecified atom stereocenters. The maximum atomic E-state index is 3.68. The summed E-state index contributed by atoms with van der Waals surface area (Å²) in [5.41, 5.74) is 0. The van der Waals surface area contributed by atoms with Crippen molar-refractivity contribution in [1.82, 2.24) is 5.32 Å². The molecule has 0 bridgehead atoms. The van der Waals surface area contributed by atoms with Crippen molar-refractivity contribution in [3.8, 4) is 0 Å². The van der Waals surface area contributed by atoms with Gasteiger partial charge in [-0.05, 0) is 53.1 Å². The lowest BCUT2D eigenvalue weighted by Crippen LogP contribution is -2.34. The van der Waals surface area contributed by atoms with E-state index in [1.54, 1.807) is 0 Å². The zero-order chi connectivity index (χ0) is 11.4. The standard InChI is InChI=1S/C13H20BrNS/c1-10(11-5-3-2-4-6-11)15-9-13-12(14)7-8-16-13/h7-8,10-11,15H,2-6,9H2,1H3. The van der Waals surface area contributed by atoms with Gasteiger partial charge in [0.15, 0.2) is 0 Å². The lowest BCUT2D eigenvalue weighted by molar-refractivity contribution is 0.281. The first-order valence-corrected chi connectivity index (χ1v) is 7.90. The third-order valence-electron chi connectivity index (χ3n) is 3.63. The minimum absolute atomic E-state index is 0.661. The van der Waals surface area contributed by atoms with Gasteiger partial charge >= 0.3 is 0 Å². The molecule has 3 heteroatoms. The van der Waals surface area contributed by atoms with Crippen LogP contribution in [0.5, 0.6) is 0 Å². The van der Waals surface area contributed by atoms with Crippen LogP contribution in [0.3, 0.4) is 0 Å². The number of nitrogens with one attached hydrogen (secondary N) is 1. The van der Waals surface area contributed by atoms with Gasteiger partial charge in [0.1, 0.15) is 0 Å². The van der Waals surface area contributed by atoms with Crippen LogP contribution in [0.15, 0.2) is 15.9 Å². The van der Waals surface area contributed by atoms with Crippen LogP contribution in [0, 0.1) is 5.92 Å². The molecule has 0 spiro atoms. The fourth-order valence-corrected chi connectivity index (χ4v) is 3.95. The van der Waals surface area contributed by atoms with Gasteiger partial charge in [0, 0.05) is 21.9 Å². The Hall–Kier alpha value is 0.140. The molecule has 1 nitrogen and oxygen atoms in total. The van der Waals surface area contributed by atoms with Gasteiger partial charge in [-0.3, -0.25) is 0 Å². The van der Waals surface area contributed by atoms with E-state index in [9.17, 15) is 0 Å². The Kier molecular flexibility index (Phi) is 4.86. The Morgan fingerprint density at radius 3 is 2.81 bits per heavy atom. The number of thiophene rings is 1. The highest BCUT2D eigenvalue weighted by Gasteiger charge is 2.19. The maximum Gasteiger partial charge on any atom is 0.0327 e. The molecule has 1 heterocycles. The third-order valence-corrected chi connectivity index (χ3v) is 5.56. The van der Waals surface area contributed by atoms with Gasteiger partial charge in [0.25, 0.3) is 0 Å². The summed E-state index contributed by atoms with van der Waals surface area (Å²) >= 11 is 5.41. The molecule has 1 fully saturated rings. The summed E-state index contributed by atoms with van der Waals surface area (Å²) in [4.78, 5) is 1.42. The van der Waals surface area contributed by atoms with Crippen molar-refractivity contribution in [3.63, 3.8) is 0 Å². The molecule has 90 valence electrons. The van der Waals surface area contributed by atoms with Gasteiger partial charge in [-0.1, -0.05) is 19.3 Å². The second-order valence-corrected chi connectivity index (χ2v) is 6.61.